The molecular weight excluding hydrogens is 246 g/mol. The molecule has 106 valence electrons. The summed E-state index contributed by atoms with van der Waals surface area (Å²) in [5.74, 6) is 1.71. The summed E-state index contributed by atoms with van der Waals surface area (Å²) < 4.78 is 0. The van der Waals surface area contributed by atoms with Crippen LogP contribution in [-0.4, -0.2) is 5.91 Å². The lowest BCUT2D eigenvalue weighted by molar-refractivity contribution is -0.117. The van der Waals surface area contributed by atoms with Gasteiger partial charge in [-0.3, -0.25) is 4.79 Å². The van der Waals surface area contributed by atoms with Crippen molar-refractivity contribution in [3.63, 3.8) is 0 Å². The lowest BCUT2D eigenvalue weighted by Gasteiger charge is -2.09. The third-order valence-corrected chi connectivity index (χ3v) is 4.79. The number of amides is 1. The van der Waals surface area contributed by atoms with Gasteiger partial charge in [-0.2, -0.15) is 0 Å². The van der Waals surface area contributed by atoms with E-state index < -0.39 is 0 Å². The molecule has 2 aliphatic rings. The number of aryl methyl sites for hydroxylation is 2. The summed E-state index contributed by atoms with van der Waals surface area (Å²) in [4.78, 5) is 12.5. The molecule has 0 bridgehead atoms. The van der Waals surface area contributed by atoms with Gasteiger partial charge in [0.05, 0.1) is 0 Å². The topological polar surface area (TPSA) is 29.1 Å². The van der Waals surface area contributed by atoms with E-state index in [2.05, 4.69) is 49.5 Å². The second-order valence-electron chi connectivity index (χ2n) is 6.29. The molecule has 2 atom stereocenters. The van der Waals surface area contributed by atoms with Gasteiger partial charge in [0.15, 0.2) is 0 Å². The summed E-state index contributed by atoms with van der Waals surface area (Å²) in [5, 5.41) is 3.15. The SMILES string of the molecule is Cc1ccc(C)c(NC(=O)C2[C@@H]3CCC=CCC[C@@H]23)c1. The molecule has 20 heavy (non-hydrogen) atoms. The Hall–Kier alpha value is -1.57. The molecular formula is C18H23NO. The number of carbonyl (C=O) groups is 1. The van der Waals surface area contributed by atoms with Crippen LogP contribution in [0.5, 0.6) is 0 Å². The van der Waals surface area contributed by atoms with Gasteiger partial charge in [0, 0.05) is 11.6 Å². The fourth-order valence-electron chi connectivity index (χ4n) is 3.52. The highest BCUT2D eigenvalue weighted by Crippen LogP contribution is 2.53. The summed E-state index contributed by atoms with van der Waals surface area (Å²) in [5.41, 5.74) is 3.31. The van der Waals surface area contributed by atoms with Gasteiger partial charge < -0.3 is 5.32 Å². The molecule has 2 nitrogen and oxygen atoms in total. The number of carbonyl (C=O) groups excluding carboxylic acids is 1. The van der Waals surface area contributed by atoms with Crippen molar-refractivity contribution in [1.29, 1.82) is 0 Å². The molecule has 0 heterocycles. The third-order valence-electron chi connectivity index (χ3n) is 4.79. The quantitative estimate of drug-likeness (QED) is 0.800. The molecule has 0 unspecified atom stereocenters. The van der Waals surface area contributed by atoms with Crippen molar-refractivity contribution >= 4 is 11.6 Å². The van der Waals surface area contributed by atoms with Crippen molar-refractivity contribution in [2.75, 3.05) is 5.32 Å². The van der Waals surface area contributed by atoms with Gasteiger partial charge in [0.1, 0.15) is 0 Å². The summed E-state index contributed by atoms with van der Waals surface area (Å²) in [7, 11) is 0. The van der Waals surface area contributed by atoms with Crippen LogP contribution in [0.2, 0.25) is 0 Å². The zero-order valence-corrected chi connectivity index (χ0v) is 12.4. The van der Waals surface area contributed by atoms with Crippen LogP contribution in [0.4, 0.5) is 5.69 Å². The Bertz CT molecular complexity index is 530. The molecule has 0 spiro atoms. The number of hydrogen-bond donors (Lipinski definition) is 1. The molecule has 3 rings (SSSR count). The van der Waals surface area contributed by atoms with Crippen LogP contribution >= 0.6 is 0 Å². The molecule has 0 aromatic heterocycles. The predicted octanol–water partition coefficient (Wildman–Crippen LogP) is 4.23. The minimum atomic E-state index is 0.232. The average Bonchev–Trinajstić information content (AvgIpc) is 3.05. The van der Waals surface area contributed by atoms with Crippen LogP contribution in [0.1, 0.15) is 36.8 Å². The number of anilines is 1. The molecule has 0 saturated heterocycles. The van der Waals surface area contributed by atoms with Gasteiger partial charge in [-0.05, 0) is 68.6 Å². The minimum absolute atomic E-state index is 0.232. The van der Waals surface area contributed by atoms with Crippen LogP contribution in [0.15, 0.2) is 30.4 Å². The fraction of sp³-hybridized carbons (Fsp3) is 0.500. The number of benzene rings is 1. The maximum absolute atomic E-state index is 12.5. The van der Waals surface area contributed by atoms with E-state index in [9.17, 15) is 4.79 Å². The summed E-state index contributed by atoms with van der Waals surface area (Å²) in [6.07, 6.45) is 9.16. The van der Waals surface area contributed by atoms with E-state index in [0.29, 0.717) is 11.8 Å². The van der Waals surface area contributed by atoms with Crippen LogP contribution in [0, 0.1) is 31.6 Å². The maximum Gasteiger partial charge on any atom is 0.228 e. The number of rotatable bonds is 2. The van der Waals surface area contributed by atoms with Crippen molar-refractivity contribution in [1.82, 2.24) is 0 Å². The largest absolute Gasteiger partial charge is 0.326 e. The van der Waals surface area contributed by atoms with E-state index in [1.54, 1.807) is 0 Å². The lowest BCUT2D eigenvalue weighted by atomic mass is 10.1. The summed E-state index contributed by atoms with van der Waals surface area (Å²) in [6.45, 7) is 4.11. The van der Waals surface area contributed by atoms with Crippen molar-refractivity contribution in [3.05, 3.63) is 41.5 Å². The van der Waals surface area contributed by atoms with Crippen molar-refractivity contribution < 1.29 is 4.79 Å². The highest BCUT2D eigenvalue weighted by Gasteiger charge is 2.53. The normalized spacial score (nSPS) is 28.2. The van der Waals surface area contributed by atoms with Gasteiger partial charge >= 0.3 is 0 Å². The van der Waals surface area contributed by atoms with E-state index in [4.69, 9.17) is 0 Å². The first-order chi connectivity index (χ1) is 9.66. The molecule has 2 aliphatic carbocycles. The van der Waals surface area contributed by atoms with E-state index in [1.807, 2.05) is 0 Å². The first-order valence-electron chi connectivity index (χ1n) is 7.70. The van der Waals surface area contributed by atoms with Crippen molar-refractivity contribution in [2.45, 2.75) is 39.5 Å². The molecule has 2 heteroatoms. The van der Waals surface area contributed by atoms with Crippen LogP contribution in [-0.2, 0) is 4.79 Å². The summed E-state index contributed by atoms with van der Waals surface area (Å²) in [6, 6.07) is 6.23. The molecule has 1 aromatic carbocycles. The Kier molecular flexibility index (Phi) is 3.64. The lowest BCUT2D eigenvalue weighted by Crippen LogP contribution is -2.16. The predicted molar refractivity (Wildman–Crippen MR) is 82.6 cm³/mol. The molecule has 1 N–H and O–H groups in total. The maximum atomic E-state index is 12.5. The first-order valence-corrected chi connectivity index (χ1v) is 7.70. The van der Waals surface area contributed by atoms with E-state index in [1.165, 1.54) is 18.4 Å². The van der Waals surface area contributed by atoms with E-state index in [-0.39, 0.29) is 11.8 Å². The van der Waals surface area contributed by atoms with E-state index in [0.717, 1.165) is 24.1 Å². The second-order valence-corrected chi connectivity index (χ2v) is 6.29. The zero-order valence-electron chi connectivity index (χ0n) is 12.4. The minimum Gasteiger partial charge on any atom is -0.326 e. The van der Waals surface area contributed by atoms with Crippen LogP contribution < -0.4 is 5.32 Å². The Morgan fingerprint density at radius 3 is 2.40 bits per heavy atom. The molecule has 1 saturated carbocycles. The Morgan fingerprint density at radius 2 is 1.75 bits per heavy atom. The number of hydrogen-bond acceptors (Lipinski definition) is 1. The molecule has 1 aromatic rings. The zero-order chi connectivity index (χ0) is 14.1. The summed E-state index contributed by atoms with van der Waals surface area (Å²) >= 11 is 0. The Balaban J connectivity index is 1.67. The molecule has 1 fully saturated rings. The van der Waals surface area contributed by atoms with Gasteiger partial charge in [-0.25, -0.2) is 0 Å². The fourth-order valence-corrected chi connectivity index (χ4v) is 3.52. The van der Waals surface area contributed by atoms with Gasteiger partial charge in [0.25, 0.3) is 0 Å². The molecule has 0 aliphatic heterocycles. The number of fused-ring (bicyclic) bond motifs is 1. The number of nitrogens with one attached hydrogen (secondary N) is 1. The average molecular weight is 269 g/mol. The second kappa shape index (κ2) is 5.43. The van der Waals surface area contributed by atoms with Crippen LogP contribution in [0.25, 0.3) is 0 Å². The third kappa shape index (κ3) is 2.65. The van der Waals surface area contributed by atoms with Crippen molar-refractivity contribution in [2.24, 2.45) is 17.8 Å². The molecule has 1 amide bonds. The van der Waals surface area contributed by atoms with Gasteiger partial charge in [-0.1, -0.05) is 24.3 Å². The smallest absolute Gasteiger partial charge is 0.228 e. The standard InChI is InChI=1S/C18H23NO/c1-12-9-10-13(2)16(11-12)19-18(20)17-14-7-5-3-4-6-8-15(14)17/h3-4,9-11,14-15,17H,5-8H2,1-2H3,(H,19,20)/t14-,15-/m1/s1. The number of allylic oxidation sites excluding steroid dienone is 2. The van der Waals surface area contributed by atoms with Crippen LogP contribution in [0.3, 0.4) is 0 Å². The highest BCUT2D eigenvalue weighted by atomic mass is 16.2. The monoisotopic (exact) mass is 269 g/mol. The van der Waals surface area contributed by atoms with E-state index >= 15 is 0 Å². The highest BCUT2D eigenvalue weighted by molar-refractivity contribution is 5.95. The van der Waals surface area contributed by atoms with Gasteiger partial charge in [-0.15, -0.1) is 0 Å². The van der Waals surface area contributed by atoms with Gasteiger partial charge in [0.2, 0.25) is 5.91 Å². The van der Waals surface area contributed by atoms with Crippen molar-refractivity contribution in [3.8, 4) is 0 Å². The first kappa shape index (κ1) is 13.4. The Morgan fingerprint density at radius 1 is 1.10 bits per heavy atom. The Labute approximate surface area is 121 Å². The molecule has 0 radical (unpaired) electrons.